The van der Waals surface area contributed by atoms with Crippen molar-refractivity contribution in [2.24, 2.45) is 0 Å². The van der Waals surface area contributed by atoms with Crippen molar-refractivity contribution in [1.29, 1.82) is 0 Å². The summed E-state index contributed by atoms with van der Waals surface area (Å²) in [5.74, 6) is 0. The zero-order chi connectivity index (χ0) is 13.4. The van der Waals surface area contributed by atoms with Gasteiger partial charge in [-0.05, 0) is 26.6 Å². The van der Waals surface area contributed by atoms with E-state index in [1.165, 1.54) is 0 Å². The van der Waals surface area contributed by atoms with Crippen LogP contribution in [0.3, 0.4) is 0 Å². The Bertz CT molecular complexity index is 351. The molecule has 18 heavy (non-hydrogen) atoms. The molecule has 100 valence electrons. The van der Waals surface area contributed by atoms with E-state index in [1.807, 2.05) is 61.2 Å². The second-order valence-corrected chi connectivity index (χ2v) is 4.53. The third kappa shape index (κ3) is 5.19. The Labute approximate surface area is 110 Å². The number of likely N-dealkylation sites (N-methyl/N-ethyl adjacent to an activating group) is 1. The molecule has 0 atom stereocenters. The highest BCUT2D eigenvalue weighted by Gasteiger charge is 2.10. The van der Waals surface area contributed by atoms with Crippen molar-refractivity contribution >= 4 is 6.03 Å². The van der Waals surface area contributed by atoms with Gasteiger partial charge < -0.3 is 15.1 Å². The lowest BCUT2D eigenvalue weighted by molar-refractivity contribution is 0.197. The first-order chi connectivity index (χ1) is 8.63. The molecule has 0 fully saturated rings. The van der Waals surface area contributed by atoms with Gasteiger partial charge in [0.25, 0.3) is 0 Å². The summed E-state index contributed by atoms with van der Waals surface area (Å²) in [6.07, 6.45) is 0. The third-order valence-corrected chi connectivity index (χ3v) is 2.72. The van der Waals surface area contributed by atoms with Crippen molar-refractivity contribution in [1.82, 2.24) is 15.1 Å². The minimum absolute atomic E-state index is 0.00297. The smallest absolute Gasteiger partial charge is 0.317 e. The number of nitrogens with zero attached hydrogens (tertiary/aromatic N) is 2. The van der Waals surface area contributed by atoms with Crippen molar-refractivity contribution in [2.75, 3.05) is 33.7 Å². The molecule has 0 radical (unpaired) electrons. The summed E-state index contributed by atoms with van der Waals surface area (Å²) in [6.45, 7) is 4.90. The zero-order valence-electron chi connectivity index (χ0n) is 11.5. The fourth-order valence-corrected chi connectivity index (χ4v) is 1.63. The van der Waals surface area contributed by atoms with Crippen LogP contribution >= 0.6 is 0 Å². The summed E-state index contributed by atoms with van der Waals surface area (Å²) in [6, 6.07) is 10.0. The van der Waals surface area contributed by atoms with E-state index >= 15 is 0 Å². The summed E-state index contributed by atoms with van der Waals surface area (Å²) in [5, 5.41) is 2.93. The lowest BCUT2D eigenvalue weighted by Crippen LogP contribution is -2.41. The maximum atomic E-state index is 12.0. The van der Waals surface area contributed by atoms with Crippen LogP contribution in [-0.2, 0) is 6.54 Å². The summed E-state index contributed by atoms with van der Waals surface area (Å²) >= 11 is 0. The fraction of sp³-hybridized carbons (Fsp3) is 0.500. The van der Waals surface area contributed by atoms with Crippen LogP contribution in [0.1, 0.15) is 12.5 Å². The minimum Gasteiger partial charge on any atom is -0.337 e. The van der Waals surface area contributed by atoms with Crippen molar-refractivity contribution < 1.29 is 4.79 Å². The third-order valence-electron chi connectivity index (χ3n) is 2.72. The molecule has 0 aromatic heterocycles. The van der Waals surface area contributed by atoms with Crippen molar-refractivity contribution in [3.63, 3.8) is 0 Å². The standard InChI is InChI=1S/C14H23N3O/c1-4-17(12-13-8-6-5-7-9-13)14(18)15-10-11-16(2)3/h5-9H,4,10-12H2,1-3H3,(H,15,18). The Hall–Kier alpha value is -1.55. The van der Waals surface area contributed by atoms with Gasteiger partial charge in [-0.3, -0.25) is 0 Å². The topological polar surface area (TPSA) is 35.6 Å². The highest BCUT2D eigenvalue weighted by molar-refractivity contribution is 5.74. The average molecular weight is 249 g/mol. The molecule has 0 spiro atoms. The van der Waals surface area contributed by atoms with Gasteiger partial charge in [-0.15, -0.1) is 0 Å². The minimum atomic E-state index is 0.00297. The molecule has 0 saturated carbocycles. The highest BCUT2D eigenvalue weighted by Crippen LogP contribution is 2.04. The van der Waals surface area contributed by atoms with Crippen molar-refractivity contribution in [2.45, 2.75) is 13.5 Å². The summed E-state index contributed by atoms with van der Waals surface area (Å²) in [4.78, 5) is 15.8. The van der Waals surface area contributed by atoms with Crippen LogP contribution < -0.4 is 5.32 Å². The number of hydrogen-bond acceptors (Lipinski definition) is 2. The van der Waals surface area contributed by atoms with Crippen molar-refractivity contribution in [3.05, 3.63) is 35.9 Å². The number of nitrogens with one attached hydrogen (secondary N) is 1. The molecule has 4 nitrogen and oxygen atoms in total. The van der Waals surface area contributed by atoms with E-state index in [1.54, 1.807) is 0 Å². The summed E-state index contributed by atoms with van der Waals surface area (Å²) < 4.78 is 0. The van der Waals surface area contributed by atoms with Gasteiger partial charge in [0.05, 0.1) is 0 Å². The number of rotatable bonds is 6. The molecule has 0 saturated heterocycles. The highest BCUT2D eigenvalue weighted by atomic mass is 16.2. The Morgan fingerprint density at radius 3 is 2.44 bits per heavy atom. The van der Waals surface area contributed by atoms with Crippen LogP contribution in [0.15, 0.2) is 30.3 Å². The molecule has 0 aliphatic heterocycles. The SMILES string of the molecule is CCN(Cc1ccccc1)C(=O)NCCN(C)C. The maximum Gasteiger partial charge on any atom is 0.317 e. The van der Waals surface area contributed by atoms with Crippen LogP contribution in [0.4, 0.5) is 4.79 Å². The predicted molar refractivity (Wildman–Crippen MR) is 74.5 cm³/mol. The molecule has 1 aromatic carbocycles. The molecule has 2 amide bonds. The number of benzene rings is 1. The predicted octanol–water partition coefficient (Wildman–Crippen LogP) is 1.78. The van der Waals surface area contributed by atoms with Crippen LogP contribution in [0.2, 0.25) is 0 Å². The Kier molecular flexibility index (Phi) is 6.22. The van der Waals surface area contributed by atoms with E-state index < -0.39 is 0 Å². The Morgan fingerprint density at radius 2 is 1.89 bits per heavy atom. The molecule has 0 aliphatic rings. The summed E-state index contributed by atoms with van der Waals surface area (Å²) in [5.41, 5.74) is 1.15. The van der Waals surface area contributed by atoms with Gasteiger partial charge in [0, 0.05) is 26.2 Å². The van der Waals surface area contributed by atoms with Crippen LogP contribution in [0, 0.1) is 0 Å². The van der Waals surface area contributed by atoms with Crippen LogP contribution in [-0.4, -0.2) is 49.6 Å². The number of hydrogen-bond donors (Lipinski definition) is 1. The normalized spacial score (nSPS) is 10.4. The number of carbonyl (C=O) groups is 1. The van der Waals surface area contributed by atoms with Gasteiger partial charge in [0.15, 0.2) is 0 Å². The van der Waals surface area contributed by atoms with Gasteiger partial charge in [0.2, 0.25) is 0 Å². The molecule has 0 heterocycles. The monoisotopic (exact) mass is 249 g/mol. The van der Waals surface area contributed by atoms with Gasteiger partial charge in [0.1, 0.15) is 0 Å². The number of carbonyl (C=O) groups excluding carboxylic acids is 1. The lowest BCUT2D eigenvalue weighted by Gasteiger charge is -2.22. The van der Waals surface area contributed by atoms with E-state index in [-0.39, 0.29) is 6.03 Å². The number of urea groups is 1. The van der Waals surface area contributed by atoms with E-state index in [0.29, 0.717) is 19.6 Å². The second kappa shape index (κ2) is 7.71. The van der Waals surface area contributed by atoms with E-state index in [2.05, 4.69) is 5.32 Å². The molecular weight excluding hydrogens is 226 g/mol. The first-order valence-corrected chi connectivity index (χ1v) is 6.35. The molecule has 0 unspecified atom stereocenters. The number of amides is 2. The fourth-order valence-electron chi connectivity index (χ4n) is 1.63. The molecule has 1 rings (SSSR count). The summed E-state index contributed by atoms with van der Waals surface area (Å²) in [7, 11) is 3.99. The second-order valence-electron chi connectivity index (χ2n) is 4.53. The van der Waals surface area contributed by atoms with Gasteiger partial charge in [-0.1, -0.05) is 30.3 Å². The molecular formula is C14H23N3O. The first-order valence-electron chi connectivity index (χ1n) is 6.35. The quantitative estimate of drug-likeness (QED) is 0.834. The Morgan fingerprint density at radius 1 is 1.22 bits per heavy atom. The molecule has 0 aliphatic carbocycles. The average Bonchev–Trinajstić information content (AvgIpc) is 2.36. The molecule has 0 bridgehead atoms. The Balaban J connectivity index is 2.43. The lowest BCUT2D eigenvalue weighted by atomic mass is 10.2. The van der Waals surface area contributed by atoms with Crippen molar-refractivity contribution in [3.8, 4) is 0 Å². The molecule has 1 aromatic rings. The van der Waals surface area contributed by atoms with Crippen LogP contribution in [0.25, 0.3) is 0 Å². The maximum absolute atomic E-state index is 12.0. The zero-order valence-corrected chi connectivity index (χ0v) is 11.5. The van der Waals surface area contributed by atoms with Crippen LogP contribution in [0.5, 0.6) is 0 Å². The molecule has 1 N–H and O–H groups in total. The van der Waals surface area contributed by atoms with E-state index in [0.717, 1.165) is 12.1 Å². The first kappa shape index (κ1) is 14.5. The van der Waals surface area contributed by atoms with E-state index in [9.17, 15) is 4.79 Å². The molecule has 4 heteroatoms. The largest absolute Gasteiger partial charge is 0.337 e. The van der Waals surface area contributed by atoms with Gasteiger partial charge >= 0.3 is 6.03 Å². The van der Waals surface area contributed by atoms with E-state index in [4.69, 9.17) is 0 Å². The van der Waals surface area contributed by atoms with Gasteiger partial charge in [-0.25, -0.2) is 4.79 Å². The van der Waals surface area contributed by atoms with Gasteiger partial charge in [-0.2, -0.15) is 0 Å².